The van der Waals surface area contributed by atoms with Gasteiger partial charge in [0.05, 0.1) is 15.8 Å². The molecule has 1 aliphatic carbocycles. The van der Waals surface area contributed by atoms with Gasteiger partial charge in [-0.3, -0.25) is 0 Å². The molecule has 20 heavy (non-hydrogen) atoms. The number of hydrogen-bond donors (Lipinski definition) is 1. The van der Waals surface area contributed by atoms with Crippen LogP contribution in [-0.4, -0.2) is 4.98 Å². The SMILES string of the molecule is CC(C)c1c(C2CC2)c(C(F)(F)F)cc2sc(N)nc12. The second-order valence-electron chi connectivity index (χ2n) is 5.58. The van der Waals surface area contributed by atoms with Gasteiger partial charge in [-0.1, -0.05) is 25.2 Å². The molecule has 0 spiro atoms. The van der Waals surface area contributed by atoms with Crippen molar-refractivity contribution in [3.05, 3.63) is 22.8 Å². The van der Waals surface area contributed by atoms with E-state index in [0.29, 0.717) is 20.9 Å². The molecule has 108 valence electrons. The van der Waals surface area contributed by atoms with Crippen LogP contribution in [0.15, 0.2) is 6.07 Å². The molecule has 2 nitrogen and oxygen atoms in total. The van der Waals surface area contributed by atoms with Crippen molar-refractivity contribution in [2.24, 2.45) is 0 Å². The van der Waals surface area contributed by atoms with E-state index in [-0.39, 0.29) is 11.8 Å². The Kier molecular flexibility index (Phi) is 2.97. The van der Waals surface area contributed by atoms with Crippen LogP contribution in [0.4, 0.5) is 18.3 Å². The summed E-state index contributed by atoms with van der Waals surface area (Å²) in [6.07, 6.45) is -2.67. The van der Waals surface area contributed by atoms with Crippen molar-refractivity contribution in [1.82, 2.24) is 4.98 Å². The molecule has 0 saturated heterocycles. The number of rotatable bonds is 2. The molecule has 1 aromatic carbocycles. The maximum atomic E-state index is 13.4. The highest BCUT2D eigenvalue weighted by Crippen LogP contribution is 2.51. The highest BCUT2D eigenvalue weighted by molar-refractivity contribution is 7.22. The predicted molar refractivity (Wildman–Crippen MR) is 75.1 cm³/mol. The fourth-order valence-corrected chi connectivity index (χ4v) is 3.54. The van der Waals surface area contributed by atoms with Crippen LogP contribution in [0.5, 0.6) is 0 Å². The van der Waals surface area contributed by atoms with Gasteiger partial charge < -0.3 is 5.73 Å². The largest absolute Gasteiger partial charge is 0.416 e. The van der Waals surface area contributed by atoms with Crippen LogP contribution in [0, 0.1) is 0 Å². The third kappa shape index (κ3) is 2.16. The van der Waals surface area contributed by atoms with E-state index in [2.05, 4.69) is 4.98 Å². The summed E-state index contributed by atoms with van der Waals surface area (Å²) in [5.41, 5.74) is 7.01. The average molecular weight is 300 g/mol. The number of anilines is 1. The lowest BCUT2D eigenvalue weighted by molar-refractivity contribution is -0.138. The van der Waals surface area contributed by atoms with Crippen LogP contribution in [0.25, 0.3) is 10.2 Å². The monoisotopic (exact) mass is 300 g/mol. The maximum Gasteiger partial charge on any atom is 0.416 e. The summed E-state index contributed by atoms with van der Waals surface area (Å²) in [5.74, 6) is 0.0215. The minimum Gasteiger partial charge on any atom is -0.375 e. The lowest BCUT2D eigenvalue weighted by Crippen LogP contribution is -2.12. The zero-order valence-electron chi connectivity index (χ0n) is 11.2. The van der Waals surface area contributed by atoms with Gasteiger partial charge in [0.25, 0.3) is 0 Å². The highest BCUT2D eigenvalue weighted by Gasteiger charge is 2.41. The number of alkyl halides is 3. The summed E-state index contributed by atoms with van der Waals surface area (Å²) < 4.78 is 40.6. The predicted octanol–water partition coefficient (Wildman–Crippen LogP) is 4.90. The number of halogens is 3. The van der Waals surface area contributed by atoms with Crippen molar-refractivity contribution in [2.45, 2.75) is 44.7 Å². The van der Waals surface area contributed by atoms with E-state index in [9.17, 15) is 13.2 Å². The molecular formula is C14H15F3N2S. The maximum absolute atomic E-state index is 13.4. The molecule has 0 radical (unpaired) electrons. The van der Waals surface area contributed by atoms with Gasteiger partial charge in [-0.2, -0.15) is 13.2 Å². The minimum absolute atomic E-state index is 0.00287. The molecule has 1 aromatic heterocycles. The quantitative estimate of drug-likeness (QED) is 0.857. The van der Waals surface area contributed by atoms with Gasteiger partial charge in [-0.05, 0) is 41.9 Å². The van der Waals surface area contributed by atoms with Gasteiger partial charge in [0, 0.05) is 0 Å². The number of benzene rings is 1. The fourth-order valence-electron chi connectivity index (χ4n) is 2.75. The molecule has 0 atom stereocenters. The number of hydrogen-bond acceptors (Lipinski definition) is 3. The first-order valence-electron chi connectivity index (χ1n) is 6.59. The molecule has 0 unspecified atom stereocenters. The third-order valence-corrected chi connectivity index (χ3v) is 4.48. The Morgan fingerprint density at radius 1 is 1.35 bits per heavy atom. The van der Waals surface area contributed by atoms with Crippen molar-refractivity contribution in [3.8, 4) is 0 Å². The molecule has 2 aromatic rings. The van der Waals surface area contributed by atoms with Crippen molar-refractivity contribution >= 4 is 26.7 Å². The Labute approximate surface area is 118 Å². The first kappa shape index (κ1) is 13.7. The zero-order valence-corrected chi connectivity index (χ0v) is 12.0. The number of fused-ring (bicyclic) bond motifs is 1. The topological polar surface area (TPSA) is 38.9 Å². The normalized spacial score (nSPS) is 16.3. The third-order valence-electron chi connectivity index (χ3n) is 3.65. The molecule has 3 rings (SSSR count). The van der Waals surface area contributed by atoms with Gasteiger partial charge in [-0.25, -0.2) is 4.98 Å². The van der Waals surface area contributed by atoms with E-state index in [1.54, 1.807) is 0 Å². The van der Waals surface area contributed by atoms with E-state index in [4.69, 9.17) is 5.73 Å². The first-order chi connectivity index (χ1) is 9.29. The van der Waals surface area contributed by atoms with Gasteiger partial charge in [0.2, 0.25) is 0 Å². The van der Waals surface area contributed by atoms with Crippen LogP contribution in [-0.2, 0) is 6.18 Å². The van der Waals surface area contributed by atoms with Gasteiger partial charge in [0.1, 0.15) is 0 Å². The Morgan fingerprint density at radius 3 is 2.50 bits per heavy atom. The Hall–Kier alpha value is -1.30. The van der Waals surface area contributed by atoms with Crippen molar-refractivity contribution < 1.29 is 13.2 Å². The number of nitrogen functional groups attached to an aromatic ring is 1. The molecule has 0 aliphatic heterocycles. The molecular weight excluding hydrogens is 285 g/mol. The zero-order chi connectivity index (χ0) is 14.7. The summed E-state index contributed by atoms with van der Waals surface area (Å²) in [7, 11) is 0. The lowest BCUT2D eigenvalue weighted by Gasteiger charge is -2.19. The molecule has 0 amide bonds. The fraction of sp³-hybridized carbons (Fsp3) is 0.500. The van der Waals surface area contributed by atoms with E-state index in [0.717, 1.165) is 29.7 Å². The van der Waals surface area contributed by atoms with Crippen molar-refractivity contribution in [3.63, 3.8) is 0 Å². The lowest BCUT2D eigenvalue weighted by atomic mass is 9.89. The number of nitrogens with zero attached hydrogens (tertiary/aromatic N) is 1. The minimum atomic E-state index is -4.32. The van der Waals surface area contributed by atoms with Crippen molar-refractivity contribution in [2.75, 3.05) is 5.73 Å². The second kappa shape index (κ2) is 4.35. The van der Waals surface area contributed by atoms with Gasteiger partial charge >= 0.3 is 6.18 Å². The Morgan fingerprint density at radius 2 is 2.00 bits per heavy atom. The highest BCUT2D eigenvalue weighted by atomic mass is 32.1. The van der Waals surface area contributed by atoms with E-state index < -0.39 is 11.7 Å². The van der Waals surface area contributed by atoms with Crippen LogP contribution in [0.2, 0.25) is 0 Å². The molecule has 1 saturated carbocycles. The van der Waals surface area contributed by atoms with E-state index >= 15 is 0 Å². The van der Waals surface area contributed by atoms with Crippen LogP contribution in [0.3, 0.4) is 0 Å². The van der Waals surface area contributed by atoms with Crippen molar-refractivity contribution in [1.29, 1.82) is 0 Å². The van der Waals surface area contributed by atoms with Crippen LogP contribution >= 0.6 is 11.3 Å². The smallest absolute Gasteiger partial charge is 0.375 e. The molecule has 1 fully saturated rings. The average Bonchev–Trinajstić information content (AvgIpc) is 3.07. The standard InChI is InChI=1S/C14H15F3N2S/c1-6(2)10-11(7-3-4-7)8(14(15,16)17)5-9-12(10)19-13(18)20-9/h5-7H,3-4H2,1-2H3,(H2,18,19). The molecule has 6 heteroatoms. The molecule has 0 bridgehead atoms. The number of thiazole rings is 1. The summed E-state index contributed by atoms with van der Waals surface area (Å²) in [6, 6.07) is 1.23. The van der Waals surface area contributed by atoms with Crippen LogP contribution in [0.1, 0.15) is 55.2 Å². The summed E-state index contributed by atoms with van der Waals surface area (Å²) >= 11 is 1.12. The van der Waals surface area contributed by atoms with Gasteiger partial charge in [0.15, 0.2) is 5.13 Å². The summed E-state index contributed by atoms with van der Waals surface area (Å²) in [4.78, 5) is 4.26. The van der Waals surface area contributed by atoms with E-state index in [1.807, 2.05) is 13.8 Å². The molecule has 1 heterocycles. The Bertz CT molecular complexity index is 669. The summed E-state index contributed by atoms with van der Waals surface area (Å²) in [5, 5.41) is 0.322. The van der Waals surface area contributed by atoms with E-state index in [1.165, 1.54) is 6.07 Å². The Balaban J connectivity index is 2.40. The summed E-state index contributed by atoms with van der Waals surface area (Å²) in [6.45, 7) is 3.83. The number of nitrogens with two attached hydrogens (primary N) is 1. The molecule has 1 aliphatic rings. The second-order valence-corrected chi connectivity index (χ2v) is 6.64. The first-order valence-corrected chi connectivity index (χ1v) is 7.40. The van der Waals surface area contributed by atoms with Crippen LogP contribution < -0.4 is 5.73 Å². The molecule has 2 N–H and O–H groups in total. The van der Waals surface area contributed by atoms with Gasteiger partial charge in [-0.15, -0.1) is 0 Å². The number of aromatic nitrogens is 1.